The highest BCUT2D eigenvalue weighted by atomic mass is 16.6. The van der Waals surface area contributed by atoms with Gasteiger partial charge in [0.2, 0.25) is 5.91 Å². The predicted molar refractivity (Wildman–Crippen MR) is 75.4 cm³/mol. The Hall–Kier alpha value is -1.30. The van der Waals surface area contributed by atoms with E-state index in [4.69, 9.17) is 4.74 Å². The van der Waals surface area contributed by atoms with Crippen LogP contribution in [-0.4, -0.2) is 78.6 Å². The molecular weight excluding hydrogens is 258 g/mol. The molecule has 20 heavy (non-hydrogen) atoms. The first kappa shape index (κ1) is 15.1. The van der Waals surface area contributed by atoms with Gasteiger partial charge in [-0.3, -0.25) is 4.79 Å². The van der Waals surface area contributed by atoms with E-state index in [1.807, 2.05) is 11.9 Å². The van der Waals surface area contributed by atoms with Gasteiger partial charge >= 0.3 is 6.09 Å². The van der Waals surface area contributed by atoms with Crippen molar-refractivity contribution in [3.05, 3.63) is 0 Å². The van der Waals surface area contributed by atoms with Crippen LogP contribution >= 0.6 is 0 Å². The molecule has 2 aliphatic heterocycles. The van der Waals surface area contributed by atoms with Gasteiger partial charge in [0.15, 0.2) is 0 Å². The van der Waals surface area contributed by atoms with Gasteiger partial charge in [-0.25, -0.2) is 4.79 Å². The number of piperazine rings is 1. The Balaban J connectivity index is 1.80. The number of hydrogen-bond donors (Lipinski definition) is 0. The molecule has 0 spiro atoms. The molecule has 0 aromatic rings. The van der Waals surface area contributed by atoms with E-state index in [9.17, 15) is 9.59 Å². The lowest BCUT2D eigenvalue weighted by Crippen LogP contribution is -2.50. The third-order valence-corrected chi connectivity index (χ3v) is 3.91. The van der Waals surface area contributed by atoms with Crippen LogP contribution in [0.1, 0.15) is 26.7 Å². The lowest BCUT2D eigenvalue weighted by Gasteiger charge is -2.36. The SMILES string of the molecule is CN1CCN(C(=O)OC(C)(C)CC(=O)N2CCC2)CC1. The number of likely N-dealkylation sites (tertiary alicyclic amines) is 1. The molecule has 0 aromatic heterocycles. The largest absolute Gasteiger partial charge is 0.443 e. The molecule has 0 aromatic carbocycles. The van der Waals surface area contributed by atoms with Gasteiger partial charge in [0, 0.05) is 39.3 Å². The Morgan fingerprint density at radius 3 is 2.10 bits per heavy atom. The monoisotopic (exact) mass is 283 g/mol. The number of likely N-dealkylation sites (N-methyl/N-ethyl adjacent to an activating group) is 1. The van der Waals surface area contributed by atoms with Crippen molar-refractivity contribution in [1.29, 1.82) is 0 Å². The molecule has 0 atom stereocenters. The molecule has 2 amide bonds. The maximum Gasteiger partial charge on any atom is 0.410 e. The van der Waals surface area contributed by atoms with Crippen molar-refractivity contribution in [3.63, 3.8) is 0 Å². The van der Waals surface area contributed by atoms with Gasteiger partial charge in [0.05, 0.1) is 6.42 Å². The maximum atomic E-state index is 12.1. The third kappa shape index (κ3) is 3.85. The van der Waals surface area contributed by atoms with Crippen LogP contribution in [0.2, 0.25) is 0 Å². The highest BCUT2D eigenvalue weighted by Gasteiger charge is 2.32. The molecule has 6 heteroatoms. The molecule has 2 aliphatic rings. The summed E-state index contributed by atoms with van der Waals surface area (Å²) in [4.78, 5) is 29.8. The number of amides is 2. The molecule has 0 unspecified atom stereocenters. The van der Waals surface area contributed by atoms with Gasteiger partial charge in [0.1, 0.15) is 5.60 Å². The standard InChI is InChI=1S/C14H25N3O3/c1-14(2,11-12(18)16-5-4-6-16)20-13(19)17-9-7-15(3)8-10-17/h4-11H2,1-3H3. The van der Waals surface area contributed by atoms with Crippen molar-refractivity contribution in [3.8, 4) is 0 Å². The highest BCUT2D eigenvalue weighted by Crippen LogP contribution is 2.20. The van der Waals surface area contributed by atoms with Crippen molar-refractivity contribution in [2.24, 2.45) is 0 Å². The molecule has 0 aliphatic carbocycles. The summed E-state index contributed by atoms with van der Waals surface area (Å²) in [6.07, 6.45) is 1.03. The van der Waals surface area contributed by atoms with E-state index < -0.39 is 5.60 Å². The molecule has 2 rings (SSSR count). The van der Waals surface area contributed by atoms with E-state index >= 15 is 0 Å². The van der Waals surface area contributed by atoms with Gasteiger partial charge in [-0.15, -0.1) is 0 Å². The fourth-order valence-electron chi connectivity index (χ4n) is 2.37. The zero-order valence-electron chi connectivity index (χ0n) is 12.7. The topological polar surface area (TPSA) is 53.1 Å². The summed E-state index contributed by atoms with van der Waals surface area (Å²) < 4.78 is 5.52. The van der Waals surface area contributed by atoms with E-state index in [1.54, 1.807) is 18.7 Å². The van der Waals surface area contributed by atoms with Crippen LogP contribution in [0.15, 0.2) is 0 Å². The summed E-state index contributed by atoms with van der Waals surface area (Å²) >= 11 is 0. The van der Waals surface area contributed by atoms with Crippen LogP contribution in [-0.2, 0) is 9.53 Å². The normalized spacial score (nSPS) is 20.6. The highest BCUT2D eigenvalue weighted by molar-refractivity contribution is 5.78. The third-order valence-electron chi connectivity index (χ3n) is 3.91. The molecule has 0 N–H and O–H groups in total. The van der Waals surface area contributed by atoms with Crippen molar-refractivity contribution in [1.82, 2.24) is 14.7 Å². The van der Waals surface area contributed by atoms with Crippen LogP contribution < -0.4 is 0 Å². The molecular formula is C14H25N3O3. The van der Waals surface area contributed by atoms with Gasteiger partial charge in [0.25, 0.3) is 0 Å². The summed E-state index contributed by atoms with van der Waals surface area (Å²) in [5, 5.41) is 0. The zero-order valence-corrected chi connectivity index (χ0v) is 12.7. The first-order valence-corrected chi connectivity index (χ1v) is 7.32. The molecule has 0 bridgehead atoms. The smallest absolute Gasteiger partial charge is 0.410 e. The van der Waals surface area contributed by atoms with Crippen LogP contribution in [0.25, 0.3) is 0 Å². The molecule has 2 heterocycles. The van der Waals surface area contributed by atoms with Crippen molar-refractivity contribution < 1.29 is 14.3 Å². The minimum atomic E-state index is -0.743. The van der Waals surface area contributed by atoms with Gasteiger partial charge < -0.3 is 19.4 Å². The van der Waals surface area contributed by atoms with Crippen molar-refractivity contribution in [2.45, 2.75) is 32.3 Å². The van der Waals surface area contributed by atoms with Gasteiger partial charge in [-0.05, 0) is 27.3 Å². The van der Waals surface area contributed by atoms with Crippen LogP contribution in [0.3, 0.4) is 0 Å². The molecule has 2 fully saturated rings. The van der Waals surface area contributed by atoms with Crippen molar-refractivity contribution >= 4 is 12.0 Å². The average Bonchev–Trinajstić information content (AvgIpc) is 2.25. The number of rotatable bonds is 3. The second kappa shape index (κ2) is 5.99. The van der Waals surface area contributed by atoms with E-state index in [1.165, 1.54) is 0 Å². The predicted octanol–water partition coefficient (Wildman–Crippen LogP) is 0.771. The number of carbonyl (C=O) groups is 2. The number of hydrogen-bond acceptors (Lipinski definition) is 4. The number of carbonyl (C=O) groups excluding carboxylic acids is 2. The lowest BCUT2D eigenvalue weighted by molar-refractivity contribution is -0.139. The van der Waals surface area contributed by atoms with Gasteiger partial charge in [-0.2, -0.15) is 0 Å². The maximum absolute atomic E-state index is 12.1. The molecule has 0 saturated carbocycles. The Morgan fingerprint density at radius 1 is 1.00 bits per heavy atom. The van der Waals surface area contributed by atoms with E-state index in [2.05, 4.69) is 4.90 Å². The van der Waals surface area contributed by atoms with E-state index in [-0.39, 0.29) is 18.4 Å². The van der Waals surface area contributed by atoms with Crippen LogP contribution in [0.5, 0.6) is 0 Å². The minimum absolute atomic E-state index is 0.0763. The summed E-state index contributed by atoms with van der Waals surface area (Å²) in [6.45, 7) is 8.38. The summed E-state index contributed by atoms with van der Waals surface area (Å²) in [5.41, 5.74) is -0.743. The fraction of sp³-hybridized carbons (Fsp3) is 0.857. The first-order chi connectivity index (χ1) is 9.37. The van der Waals surface area contributed by atoms with Crippen molar-refractivity contribution in [2.75, 3.05) is 46.3 Å². The number of nitrogens with zero attached hydrogens (tertiary/aromatic N) is 3. The second-order valence-electron chi connectivity index (χ2n) is 6.33. The molecule has 6 nitrogen and oxygen atoms in total. The summed E-state index contributed by atoms with van der Waals surface area (Å²) in [5.74, 6) is 0.0763. The van der Waals surface area contributed by atoms with Gasteiger partial charge in [-0.1, -0.05) is 0 Å². The Labute approximate surface area is 120 Å². The Morgan fingerprint density at radius 2 is 1.60 bits per heavy atom. The molecule has 114 valence electrons. The Kier molecular flexibility index (Phi) is 4.52. The molecule has 2 saturated heterocycles. The fourth-order valence-corrected chi connectivity index (χ4v) is 2.37. The quantitative estimate of drug-likeness (QED) is 0.768. The Bertz CT molecular complexity index is 372. The lowest BCUT2D eigenvalue weighted by atomic mass is 10.0. The summed E-state index contributed by atoms with van der Waals surface area (Å²) in [7, 11) is 2.04. The zero-order chi connectivity index (χ0) is 14.8. The van der Waals surface area contributed by atoms with E-state index in [0.29, 0.717) is 13.1 Å². The van der Waals surface area contributed by atoms with Crippen LogP contribution in [0, 0.1) is 0 Å². The molecule has 0 radical (unpaired) electrons. The average molecular weight is 283 g/mol. The van der Waals surface area contributed by atoms with Crippen LogP contribution in [0.4, 0.5) is 4.79 Å². The number of ether oxygens (including phenoxy) is 1. The second-order valence-corrected chi connectivity index (χ2v) is 6.33. The first-order valence-electron chi connectivity index (χ1n) is 7.32. The summed E-state index contributed by atoms with van der Waals surface area (Å²) in [6, 6.07) is 0. The minimum Gasteiger partial charge on any atom is -0.443 e. The van der Waals surface area contributed by atoms with E-state index in [0.717, 1.165) is 32.6 Å².